The number of nitrogens with two attached hydrogens (primary N) is 1. The topological polar surface area (TPSA) is 103 Å². The number of nitrogens with zero attached hydrogens (tertiary/aromatic N) is 6. The molecule has 0 amide bonds. The second-order valence-electron chi connectivity index (χ2n) is 7.91. The van der Waals surface area contributed by atoms with Crippen molar-refractivity contribution in [2.75, 3.05) is 0 Å². The smallest absolute Gasteiger partial charge is 0.157 e. The van der Waals surface area contributed by atoms with E-state index in [1.54, 1.807) is 24.8 Å². The van der Waals surface area contributed by atoms with Crippen molar-refractivity contribution in [1.82, 2.24) is 24.9 Å². The first-order valence-electron chi connectivity index (χ1n) is 10.3. The Morgan fingerprint density at radius 2 is 1.65 bits per heavy atom. The predicted molar refractivity (Wildman–Crippen MR) is 116 cm³/mol. The van der Waals surface area contributed by atoms with Crippen molar-refractivity contribution in [3.05, 3.63) is 102 Å². The van der Waals surface area contributed by atoms with Crippen LogP contribution in [-0.2, 0) is 5.54 Å². The molecule has 31 heavy (non-hydrogen) atoms. The first-order valence-corrected chi connectivity index (χ1v) is 10.3. The number of aliphatic imine (C=N–C) groups is 1. The van der Waals surface area contributed by atoms with Gasteiger partial charge in [-0.15, -0.1) is 0 Å². The van der Waals surface area contributed by atoms with Gasteiger partial charge >= 0.3 is 0 Å². The van der Waals surface area contributed by atoms with E-state index in [4.69, 9.17) is 15.7 Å². The predicted octanol–water partition coefficient (Wildman–Crippen LogP) is 3.22. The molecule has 150 valence electrons. The molecule has 1 atom stereocenters. The second kappa shape index (κ2) is 6.77. The number of rotatable bonds is 4. The van der Waals surface area contributed by atoms with Crippen LogP contribution in [0.25, 0.3) is 11.1 Å². The molecule has 6 rings (SSSR count). The fourth-order valence-corrected chi connectivity index (χ4v) is 4.29. The van der Waals surface area contributed by atoms with Crippen LogP contribution in [0.5, 0.6) is 0 Å². The van der Waals surface area contributed by atoms with E-state index in [1.807, 2.05) is 24.4 Å². The minimum atomic E-state index is -0.883. The van der Waals surface area contributed by atoms with E-state index in [0.29, 0.717) is 17.4 Å². The van der Waals surface area contributed by atoms with Gasteiger partial charge in [0.25, 0.3) is 0 Å². The third-order valence-corrected chi connectivity index (χ3v) is 5.94. The summed E-state index contributed by atoms with van der Waals surface area (Å²) in [6, 6.07) is 12.4. The third-order valence-electron chi connectivity index (χ3n) is 5.94. The van der Waals surface area contributed by atoms with E-state index in [0.717, 1.165) is 33.6 Å². The summed E-state index contributed by atoms with van der Waals surface area (Å²) in [7, 11) is 0. The van der Waals surface area contributed by atoms with Crippen molar-refractivity contribution in [1.29, 1.82) is 0 Å². The lowest BCUT2D eigenvalue weighted by atomic mass is 9.80. The molecule has 7 heteroatoms. The third kappa shape index (κ3) is 2.81. The number of aromatic nitrogens is 5. The summed E-state index contributed by atoms with van der Waals surface area (Å²) in [5.74, 6) is 0.912. The van der Waals surface area contributed by atoms with Gasteiger partial charge in [0.1, 0.15) is 23.6 Å². The van der Waals surface area contributed by atoms with Crippen molar-refractivity contribution in [2.24, 2.45) is 10.7 Å². The summed E-state index contributed by atoms with van der Waals surface area (Å²) in [6.45, 7) is 0. The molecular weight excluding hydrogens is 386 g/mol. The van der Waals surface area contributed by atoms with Crippen LogP contribution >= 0.6 is 0 Å². The van der Waals surface area contributed by atoms with Gasteiger partial charge in [0.05, 0.1) is 0 Å². The van der Waals surface area contributed by atoms with Crippen LogP contribution in [0.15, 0.2) is 78.7 Å². The van der Waals surface area contributed by atoms with Crippen molar-refractivity contribution < 1.29 is 0 Å². The monoisotopic (exact) mass is 405 g/mol. The molecule has 1 unspecified atom stereocenters. The van der Waals surface area contributed by atoms with Gasteiger partial charge < -0.3 is 5.73 Å². The maximum atomic E-state index is 6.37. The highest BCUT2D eigenvalue weighted by molar-refractivity contribution is 6.01. The average molecular weight is 405 g/mol. The summed E-state index contributed by atoms with van der Waals surface area (Å²) < 4.78 is 0. The first-order chi connectivity index (χ1) is 15.3. The zero-order valence-electron chi connectivity index (χ0n) is 16.7. The second-order valence-corrected chi connectivity index (χ2v) is 7.91. The molecule has 4 aromatic rings. The normalized spacial score (nSPS) is 19.7. The molecule has 7 nitrogen and oxygen atoms in total. The summed E-state index contributed by atoms with van der Waals surface area (Å²) in [6.07, 6.45) is 12.7. The lowest BCUT2D eigenvalue weighted by molar-refractivity contribution is 0.642. The maximum Gasteiger partial charge on any atom is 0.157 e. The van der Waals surface area contributed by atoms with E-state index in [9.17, 15) is 0 Å². The van der Waals surface area contributed by atoms with Crippen molar-refractivity contribution in [3.63, 3.8) is 0 Å². The van der Waals surface area contributed by atoms with Gasteiger partial charge in [-0.3, -0.25) is 9.97 Å². The van der Waals surface area contributed by atoms with Gasteiger partial charge in [-0.05, 0) is 47.7 Å². The van der Waals surface area contributed by atoms with Crippen LogP contribution in [0, 0.1) is 0 Å². The molecule has 1 aromatic carbocycles. The van der Waals surface area contributed by atoms with Crippen LogP contribution in [-0.4, -0.2) is 30.8 Å². The number of pyridine rings is 1. The molecule has 0 spiro atoms. The molecule has 3 aromatic heterocycles. The van der Waals surface area contributed by atoms with Crippen molar-refractivity contribution in [2.45, 2.75) is 24.3 Å². The van der Waals surface area contributed by atoms with Crippen LogP contribution in [0.1, 0.15) is 47.0 Å². The van der Waals surface area contributed by atoms with E-state index in [2.05, 4.69) is 38.1 Å². The van der Waals surface area contributed by atoms with Crippen molar-refractivity contribution >= 4 is 5.84 Å². The highest BCUT2D eigenvalue weighted by atomic mass is 15.1. The van der Waals surface area contributed by atoms with Crippen LogP contribution < -0.4 is 5.73 Å². The average Bonchev–Trinajstić information content (AvgIpc) is 3.65. The Balaban J connectivity index is 1.61. The van der Waals surface area contributed by atoms with E-state index >= 15 is 0 Å². The van der Waals surface area contributed by atoms with Crippen LogP contribution in [0.2, 0.25) is 0 Å². The zero-order valence-corrected chi connectivity index (χ0v) is 16.7. The molecule has 0 saturated heterocycles. The summed E-state index contributed by atoms with van der Waals surface area (Å²) in [4.78, 5) is 27.1. The van der Waals surface area contributed by atoms with Gasteiger partial charge in [-0.25, -0.2) is 19.9 Å². The summed E-state index contributed by atoms with van der Waals surface area (Å²) in [5.41, 5.74) is 11.8. The van der Waals surface area contributed by atoms with Gasteiger partial charge in [0.15, 0.2) is 5.54 Å². The number of fused-ring (bicyclic) bond motifs is 1. The molecule has 1 fully saturated rings. The molecule has 0 bridgehead atoms. The molecule has 1 saturated carbocycles. The van der Waals surface area contributed by atoms with Gasteiger partial charge in [-0.1, -0.05) is 18.2 Å². The fraction of sp³-hybridized carbons (Fsp3) is 0.167. The van der Waals surface area contributed by atoms with Gasteiger partial charge in [-0.2, -0.15) is 0 Å². The Bertz CT molecular complexity index is 1310. The fourth-order valence-electron chi connectivity index (χ4n) is 4.29. The van der Waals surface area contributed by atoms with Crippen molar-refractivity contribution in [3.8, 4) is 11.1 Å². The largest absolute Gasteiger partial charge is 0.382 e. The molecular formula is C24H19N7. The van der Waals surface area contributed by atoms with Crippen LogP contribution in [0.4, 0.5) is 0 Å². The van der Waals surface area contributed by atoms with Gasteiger partial charge in [0, 0.05) is 48.2 Å². The number of amidine groups is 1. The zero-order chi connectivity index (χ0) is 20.8. The minimum Gasteiger partial charge on any atom is -0.382 e. The highest BCUT2D eigenvalue weighted by Gasteiger charge is 2.46. The quantitative estimate of drug-likeness (QED) is 0.559. The van der Waals surface area contributed by atoms with E-state index < -0.39 is 5.54 Å². The lowest BCUT2D eigenvalue weighted by Gasteiger charge is -2.28. The maximum absolute atomic E-state index is 6.37. The Morgan fingerprint density at radius 3 is 2.48 bits per heavy atom. The SMILES string of the molecule is NC1=NC(c2cccc(-c3cncnc3)c2)(c2ccnc(C3CC3)c2)c2nccnc21. The summed E-state index contributed by atoms with van der Waals surface area (Å²) >= 11 is 0. The standard InChI is InChI=1S/C24H19N7/c25-23-21-22(30-9-8-29-21)24(31-23,19-6-7-28-20(11-19)15-4-5-15)18-3-1-2-16(10-18)17-12-26-14-27-13-17/h1-3,6-15H,4-5H2,(H2,25,31). The van der Waals surface area contributed by atoms with E-state index in [-0.39, 0.29) is 0 Å². The lowest BCUT2D eigenvalue weighted by Crippen LogP contribution is -2.27. The van der Waals surface area contributed by atoms with Crippen LogP contribution in [0.3, 0.4) is 0 Å². The molecule has 4 heterocycles. The number of hydrogen-bond acceptors (Lipinski definition) is 7. The molecule has 1 aliphatic carbocycles. The highest BCUT2D eigenvalue weighted by Crippen LogP contribution is 2.47. The molecule has 2 N–H and O–H groups in total. The molecule has 2 aliphatic rings. The number of hydrogen-bond donors (Lipinski definition) is 1. The van der Waals surface area contributed by atoms with E-state index in [1.165, 1.54) is 19.2 Å². The Hall–Kier alpha value is -4.00. The van der Waals surface area contributed by atoms with Gasteiger partial charge in [0.2, 0.25) is 0 Å². The molecule has 1 aliphatic heterocycles. The Labute approximate surface area is 179 Å². The number of benzene rings is 1. The summed E-state index contributed by atoms with van der Waals surface area (Å²) in [5, 5.41) is 0. The molecule has 0 radical (unpaired) electrons. The first kappa shape index (κ1) is 17.8. The Kier molecular flexibility index (Phi) is 3.89. The minimum absolute atomic E-state index is 0.390. The Morgan fingerprint density at radius 1 is 0.839 bits per heavy atom.